The van der Waals surface area contributed by atoms with Crippen molar-refractivity contribution >= 4 is 21.6 Å². The van der Waals surface area contributed by atoms with Gasteiger partial charge in [0.2, 0.25) is 5.91 Å². The minimum absolute atomic E-state index is 0.0768. The average molecular weight is 376 g/mol. The van der Waals surface area contributed by atoms with Crippen molar-refractivity contribution in [2.75, 3.05) is 11.3 Å². The molecule has 0 atom stereocenters. The van der Waals surface area contributed by atoms with Crippen LogP contribution in [0.5, 0.6) is 0 Å². The van der Waals surface area contributed by atoms with Crippen molar-refractivity contribution in [1.29, 1.82) is 0 Å². The highest BCUT2D eigenvalue weighted by Crippen LogP contribution is 2.25. The van der Waals surface area contributed by atoms with Crippen molar-refractivity contribution in [2.45, 2.75) is 31.7 Å². The SMILES string of the molecule is CC(C)C(=O)N1CCc2ccc(NS(=O)(=O)c3ccccc3F)cc2C1. The molecule has 0 bridgehead atoms. The molecule has 7 heteroatoms. The van der Waals surface area contributed by atoms with Crippen LogP contribution in [0.1, 0.15) is 25.0 Å². The van der Waals surface area contributed by atoms with E-state index in [2.05, 4.69) is 4.72 Å². The van der Waals surface area contributed by atoms with Gasteiger partial charge in [0.1, 0.15) is 10.7 Å². The van der Waals surface area contributed by atoms with Gasteiger partial charge in [-0.15, -0.1) is 0 Å². The molecule has 2 aromatic carbocycles. The third-order valence-corrected chi connectivity index (χ3v) is 5.82. The molecule has 138 valence electrons. The number of hydrogen-bond acceptors (Lipinski definition) is 3. The van der Waals surface area contributed by atoms with Gasteiger partial charge in [-0.25, -0.2) is 12.8 Å². The Morgan fingerprint density at radius 2 is 1.88 bits per heavy atom. The lowest BCUT2D eigenvalue weighted by Crippen LogP contribution is -2.38. The predicted octanol–water partition coefficient (Wildman–Crippen LogP) is 3.17. The van der Waals surface area contributed by atoms with Crippen LogP contribution in [-0.4, -0.2) is 25.8 Å². The summed E-state index contributed by atoms with van der Waals surface area (Å²) in [5, 5.41) is 0. The van der Waals surface area contributed by atoms with Crippen LogP contribution in [0.3, 0.4) is 0 Å². The van der Waals surface area contributed by atoms with Gasteiger partial charge in [-0.3, -0.25) is 9.52 Å². The Kier molecular flexibility index (Phi) is 5.00. The number of fused-ring (bicyclic) bond motifs is 1. The number of benzene rings is 2. The van der Waals surface area contributed by atoms with Crippen molar-refractivity contribution in [3.05, 3.63) is 59.4 Å². The molecule has 26 heavy (non-hydrogen) atoms. The van der Waals surface area contributed by atoms with E-state index in [4.69, 9.17) is 0 Å². The largest absolute Gasteiger partial charge is 0.338 e. The molecule has 0 saturated heterocycles. The summed E-state index contributed by atoms with van der Waals surface area (Å²) in [6, 6.07) is 10.5. The summed E-state index contributed by atoms with van der Waals surface area (Å²) in [4.78, 5) is 13.6. The minimum atomic E-state index is -4.02. The number of nitrogens with one attached hydrogen (secondary N) is 1. The quantitative estimate of drug-likeness (QED) is 0.891. The summed E-state index contributed by atoms with van der Waals surface area (Å²) in [5.41, 5.74) is 2.34. The molecule has 1 amide bonds. The van der Waals surface area contributed by atoms with Crippen LogP contribution in [0, 0.1) is 11.7 Å². The summed E-state index contributed by atoms with van der Waals surface area (Å²) in [7, 11) is -4.02. The summed E-state index contributed by atoms with van der Waals surface area (Å²) in [6.45, 7) is 4.82. The topological polar surface area (TPSA) is 66.5 Å². The van der Waals surface area contributed by atoms with E-state index in [1.807, 2.05) is 19.9 Å². The van der Waals surface area contributed by atoms with E-state index >= 15 is 0 Å². The second kappa shape index (κ2) is 7.07. The summed E-state index contributed by atoms with van der Waals surface area (Å²) >= 11 is 0. The maximum Gasteiger partial charge on any atom is 0.264 e. The van der Waals surface area contributed by atoms with Gasteiger partial charge < -0.3 is 4.90 Å². The number of amides is 1. The zero-order valence-corrected chi connectivity index (χ0v) is 15.5. The summed E-state index contributed by atoms with van der Waals surface area (Å²) in [5.74, 6) is -0.807. The zero-order valence-electron chi connectivity index (χ0n) is 14.7. The number of anilines is 1. The third kappa shape index (κ3) is 3.72. The maximum atomic E-state index is 13.8. The monoisotopic (exact) mass is 376 g/mol. The Morgan fingerprint density at radius 1 is 1.15 bits per heavy atom. The smallest absolute Gasteiger partial charge is 0.264 e. The Morgan fingerprint density at radius 3 is 2.58 bits per heavy atom. The van der Waals surface area contributed by atoms with Gasteiger partial charge in [-0.1, -0.05) is 32.0 Å². The van der Waals surface area contributed by atoms with Gasteiger partial charge in [-0.2, -0.15) is 0 Å². The molecule has 0 spiro atoms. The predicted molar refractivity (Wildman–Crippen MR) is 97.6 cm³/mol. The highest BCUT2D eigenvalue weighted by molar-refractivity contribution is 7.92. The van der Waals surface area contributed by atoms with Crippen molar-refractivity contribution in [3.63, 3.8) is 0 Å². The van der Waals surface area contributed by atoms with E-state index < -0.39 is 20.7 Å². The van der Waals surface area contributed by atoms with E-state index in [0.717, 1.165) is 23.6 Å². The van der Waals surface area contributed by atoms with Crippen LogP contribution < -0.4 is 4.72 Å². The fraction of sp³-hybridized carbons (Fsp3) is 0.316. The molecule has 0 unspecified atom stereocenters. The first-order valence-corrected chi connectivity index (χ1v) is 9.94. The van der Waals surface area contributed by atoms with Crippen LogP contribution in [0.15, 0.2) is 47.4 Å². The molecule has 0 radical (unpaired) electrons. The fourth-order valence-electron chi connectivity index (χ4n) is 3.05. The van der Waals surface area contributed by atoms with Gasteiger partial charge in [0.15, 0.2) is 0 Å². The molecule has 2 aromatic rings. The number of carbonyl (C=O) groups excluding carboxylic acids is 1. The Labute approximate surface area is 152 Å². The van der Waals surface area contributed by atoms with Crippen LogP contribution in [0.2, 0.25) is 0 Å². The van der Waals surface area contributed by atoms with Crippen molar-refractivity contribution in [1.82, 2.24) is 4.90 Å². The summed E-state index contributed by atoms with van der Waals surface area (Å²) < 4.78 is 41.1. The second-order valence-electron chi connectivity index (χ2n) is 6.68. The van der Waals surface area contributed by atoms with E-state index in [1.165, 1.54) is 18.2 Å². The van der Waals surface area contributed by atoms with Crippen molar-refractivity contribution in [2.24, 2.45) is 5.92 Å². The lowest BCUT2D eigenvalue weighted by molar-refractivity contribution is -0.135. The first-order valence-electron chi connectivity index (χ1n) is 8.46. The van der Waals surface area contributed by atoms with Gasteiger partial charge >= 0.3 is 0 Å². The lowest BCUT2D eigenvalue weighted by Gasteiger charge is -2.30. The van der Waals surface area contributed by atoms with E-state index in [9.17, 15) is 17.6 Å². The lowest BCUT2D eigenvalue weighted by atomic mass is 9.98. The van der Waals surface area contributed by atoms with Crippen LogP contribution in [0.25, 0.3) is 0 Å². The van der Waals surface area contributed by atoms with E-state index in [1.54, 1.807) is 17.0 Å². The first kappa shape index (κ1) is 18.4. The molecule has 0 aromatic heterocycles. The van der Waals surface area contributed by atoms with Crippen molar-refractivity contribution < 1.29 is 17.6 Å². The molecule has 1 aliphatic heterocycles. The highest BCUT2D eigenvalue weighted by atomic mass is 32.2. The third-order valence-electron chi connectivity index (χ3n) is 4.40. The second-order valence-corrected chi connectivity index (χ2v) is 8.33. The molecular weight excluding hydrogens is 355 g/mol. The van der Waals surface area contributed by atoms with Crippen LogP contribution in [0.4, 0.5) is 10.1 Å². The molecule has 0 saturated carbocycles. The molecule has 1 aliphatic rings. The molecule has 1 N–H and O–H groups in total. The standard InChI is InChI=1S/C19H21FN2O3S/c1-13(2)19(23)22-10-9-14-7-8-16(11-15(14)12-22)21-26(24,25)18-6-4-3-5-17(18)20/h3-8,11,13,21H,9-10,12H2,1-2H3. The average Bonchev–Trinajstić information content (AvgIpc) is 2.60. The Hall–Kier alpha value is -2.41. The van der Waals surface area contributed by atoms with Gasteiger partial charge in [0.05, 0.1) is 0 Å². The van der Waals surface area contributed by atoms with Crippen molar-refractivity contribution in [3.8, 4) is 0 Å². The van der Waals surface area contributed by atoms with Gasteiger partial charge in [-0.05, 0) is 41.8 Å². The fourth-order valence-corrected chi connectivity index (χ4v) is 4.18. The number of carbonyl (C=O) groups is 1. The number of halogens is 1. The Bertz CT molecular complexity index is 942. The van der Waals surface area contributed by atoms with E-state index in [-0.39, 0.29) is 11.8 Å². The minimum Gasteiger partial charge on any atom is -0.338 e. The highest BCUT2D eigenvalue weighted by Gasteiger charge is 2.24. The number of hydrogen-bond donors (Lipinski definition) is 1. The maximum absolute atomic E-state index is 13.8. The first-order chi connectivity index (χ1) is 12.3. The van der Waals surface area contributed by atoms with Gasteiger partial charge in [0, 0.05) is 24.7 Å². The van der Waals surface area contributed by atoms with Crippen LogP contribution >= 0.6 is 0 Å². The number of sulfonamides is 1. The summed E-state index contributed by atoms with van der Waals surface area (Å²) in [6.07, 6.45) is 0.730. The number of rotatable bonds is 4. The normalized spacial score (nSPS) is 14.2. The molecule has 3 rings (SSSR count). The Balaban J connectivity index is 1.85. The van der Waals surface area contributed by atoms with Gasteiger partial charge in [0.25, 0.3) is 10.0 Å². The molecule has 0 fully saturated rings. The molecule has 1 heterocycles. The molecule has 0 aliphatic carbocycles. The number of nitrogens with zero attached hydrogens (tertiary/aromatic N) is 1. The zero-order chi connectivity index (χ0) is 18.9. The molecule has 5 nitrogen and oxygen atoms in total. The van der Waals surface area contributed by atoms with E-state index in [0.29, 0.717) is 18.8 Å². The van der Waals surface area contributed by atoms with Crippen LogP contribution in [-0.2, 0) is 27.8 Å². The molecular formula is C19H21FN2O3S.